The monoisotopic (exact) mass is 323 g/mol. The molecule has 0 spiro atoms. The zero-order chi connectivity index (χ0) is 17.2. The molecule has 0 aliphatic heterocycles. The van der Waals surface area contributed by atoms with E-state index in [9.17, 15) is 4.39 Å². The fourth-order valence-electron chi connectivity index (χ4n) is 2.38. The Kier molecular flexibility index (Phi) is 8.62. The first-order chi connectivity index (χ1) is 11.0. The van der Waals surface area contributed by atoms with E-state index in [2.05, 4.69) is 29.5 Å². The second kappa shape index (κ2) is 10.2. The number of halogens is 1. The van der Waals surface area contributed by atoms with E-state index >= 15 is 0 Å². The summed E-state index contributed by atoms with van der Waals surface area (Å²) in [4.78, 5) is 4.21. The maximum atomic E-state index is 13.3. The Morgan fingerprint density at radius 1 is 1.30 bits per heavy atom. The molecule has 0 amide bonds. The first-order valence-electron chi connectivity index (χ1n) is 8.29. The maximum Gasteiger partial charge on any atom is 0.191 e. The predicted molar refractivity (Wildman–Crippen MR) is 94.2 cm³/mol. The fraction of sp³-hybridized carbons (Fsp3) is 0.611. The minimum atomic E-state index is -0.174. The highest BCUT2D eigenvalue weighted by Gasteiger charge is 2.12. The van der Waals surface area contributed by atoms with E-state index in [0.29, 0.717) is 18.0 Å². The fourth-order valence-corrected chi connectivity index (χ4v) is 2.38. The van der Waals surface area contributed by atoms with Gasteiger partial charge in [0.25, 0.3) is 0 Å². The molecule has 0 saturated carbocycles. The van der Waals surface area contributed by atoms with E-state index in [-0.39, 0.29) is 11.9 Å². The van der Waals surface area contributed by atoms with Crippen LogP contribution >= 0.6 is 0 Å². The normalized spacial score (nSPS) is 13.3. The van der Waals surface area contributed by atoms with Crippen LogP contribution in [0.3, 0.4) is 0 Å². The van der Waals surface area contributed by atoms with E-state index in [0.717, 1.165) is 31.1 Å². The lowest BCUT2D eigenvalue weighted by Crippen LogP contribution is -2.38. The van der Waals surface area contributed by atoms with E-state index < -0.39 is 0 Å². The van der Waals surface area contributed by atoms with Gasteiger partial charge in [-0.05, 0) is 43.4 Å². The van der Waals surface area contributed by atoms with Crippen LogP contribution in [-0.4, -0.2) is 32.3 Å². The van der Waals surface area contributed by atoms with Gasteiger partial charge in [0.2, 0.25) is 0 Å². The molecule has 0 heterocycles. The lowest BCUT2D eigenvalue weighted by molar-refractivity contribution is 0.0258. The number of hydrogen-bond donors (Lipinski definition) is 2. The van der Waals surface area contributed by atoms with Crippen LogP contribution in [0.2, 0.25) is 0 Å². The second-order valence-corrected chi connectivity index (χ2v) is 5.96. The van der Waals surface area contributed by atoms with E-state index in [1.54, 1.807) is 20.0 Å². The Balaban J connectivity index is 2.41. The smallest absolute Gasteiger partial charge is 0.191 e. The Labute approximate surface area is 139 Å². The molecule has 4 nitrogen and oxygen atoms in total. The summed E-state index contributed by atoms with van der Waals surface area (Å²) in [5, 5.41) is 6.54. The number of guanidine groups is 1. The van der Waals surface area contributed by atoms with Crippen molar-refractivity contribution in [3.05, 3.63) is 35.1 Å². The van der Waals surface area contributed by atoms with E-state index in [1.165, 1.54) is 6.07 Å². The molecule has 0 bridgehead atoms. The Bertz CT molecular complexity index is 503. The topological polar surface area (TPSA) is 45.6 Å². The number of aryl methyl sites for hydroxylation is 1. The Morgan fingerprint density at radius 2 is 2.04 bits per heavy atom. The zero-order valence-electron chi connectivity index (χ0n) is 14.9. The molecule has 1 atom stereocenters. The van der Waals surface area contributed by atoms with Gasteiger partial charge in [-0.2, -0.15) is 0 Å². The van der Waals surface area contributed by atoms with Gasteiger partial charge in [-0.25, -0.2) is 4.39 Å². The third-order valence-corrected chi connectivity index (χ3v) is 3.75. The summed E-state index contributed by atoms with van der Waals surface area (Å²) in [7, 11) is 1.74. The quantitative estimate of drug-likeness (QED) is 0.570. The van der Waals surface area contributed by atoms with Crippen LogP contribution in [0, 0.1) is 18.7 Å². The van der Waals surface area contributed by atoms with Gasteiger partial charge in [-0.1, -0.05) is 26.0 Å². The summed E-state index contributed by atoms with van der Waals surface area (Å²) in [5.41, 5.74) is 1.69. The molecule has 23 heavy (non-hydrogen) atoms. The Hall–Kier alpha value is -1.62. The molecule has 1 rings (SSSR count). The average Bonchev–Trinajstić information content (AvgIpc) is 2.52. The molecule has 1 aromatic carbocycles. The first-order valence-corrected chi connectivity index (χ1v) is 8.29. The molecule has 0 fully saturated rings. The molecule has 0 aliphatic carbocycles. The van der Waals surface area contributed by atoms with E-state index in [1.807, 2.05) is 13.0 Å². The standard InChI is InChI=1S/C18H30FN3O/c1-6-23-17(13(2)3)9-10-21-18(20-5)22-12-15-7-8-16(19)14(4)11-15/h7-8,11,13,17H,6,9-10,12H2,1-5H3,(H2,20,21,22). The lowest BCUT2D eigenvalue weighted by atomic mass is 10.0. The number of ether oxygens (including phenoxy) is 1. The van der Waals surface area contributed by atoms with Crippen molar-refractivity contribution in [2.24, 2.45) is 10.9 Å². The SMILES string of the molecule is CCOC(CCNC(=NC)NCc1ccc(F)c(C)c1)C(C)C. The third-order valence-electron chi connectivity index (χ3n) is 3.75. The number of rotatable bonds is 8. The molecule has 0 radical (unpaired) electrons. The molecule has 130 valence electrons. The highest BCUT2D eigenvalue weighted by atomic mass is 19.1. The van der Waals surface area contributed by atoms with Crippen LogP contribution in [0.25, 0.3) is 0 Å². The minimum absolute atomic E-state index is 0.174. The van der Waals surface area contributed by atoms with Gasteiger partial charge >= 0.3 is 0 Å². The van der Waals surface area contributed by atoms with Crippen molar-refractivity contribution in [1.29, 1.82) is 0 Å². The molecule has 0 aliphatic rings. The third kappa shape index (κ3) is 6.99. The number of nitrogens with zero attached hydrogens (tertiary/aromatic N) is 1. The van der Waals surface area contributed by atoms with Crippen molar-refractivity contribution in [3.8, 4) is 0 Å². The van der Waals surface area contributed by atoms with Gasteiger partial charge < -0.3 is 15.4 Å². The highest BCUT2D eigenvalue weighted by molar-refractivity contribution is 5.79. The van der Waals surface area contributed by atoms with Crippen LogP contribution < -0.4 is 10.6 Å². The molecule has 0 aromatic heterocycles. The van der Waals surface area contributed by atoms with Crippen LogP contribution in [0.4, 0.5) is 4.39 Å². The number of nitrogens with one attached hydrogen (secondary N) is 2. The zero-order valence-corrected chi connectivity index (χ0v) is 14.9. The summed E-state index contributed by atoms with van der Waals surface area (Å²) in [6, 6.07) is 5.13. The summed E-state index contributed by atoms with van der Waals surface area (Å²) >= 11 is 0. The highest BCUT2D eigenvalue weighted by Crippen LogP contribution is 2.10. The van der Waals surface area contributed by atoms with Crippen molar-refractivity contribution < 1.29 is 9.13 Å². The first kappa shape index (κ1) is 19.4. The summed E-state index contributed by atoms with van der Waals surface area (Å²) in [6.07, 6.45) is 1.19. The van der Waals surface area contributed by atoms with E-state index in [4.69, 9.17) is 4.74 Å². The van der Waals surface area contributed by atoms with Crippen LogP contribution in [0.1, 0.15) is 38.3 Å². The number of aliphatic imine (C=N–C) groups is 1. The summed E-state index contributed by atoms with van der Waals surface area (Å²) in [5.74, 6) is 1.06. The molecular formula is C18H30FN3O. The van der Waals surface area contributed by atoms with Gasteiger partial charge in [0.1, 0.15) is 5.82 Å². The predicted octanol–water partition coefficient (Wildman–Crippen LogP) is 3.25. The summed E-state index contributed by atoms with van der Waals surface area (Å²) < 4.78 is 19.0. The average molecular weight is 323 g/mol. The minimum Gasteiger partial charge on any atom is -0.378 e. The molecule has 1 aromatic rings. The van der Waals surface area contributed by atoms with Crippen LogP contribution in [0.15, 0.2) is 23.2 Å². The van der Waals surface area contributed by atoms with Crippen molar-refractivity contribution in [3.63, 3.8) is 0 Å². The van der Waals surface area contributed by atoms with Crippen LogP contribution in [0.5, 0.6) is 0 Å². The maximum absolute atomic E-state index is 13.3. The van der Waals surface area contributed by atoms with Gasteiger partial charge in [0, 0.05) is 26.7 Å². The van der Waals surface area contributed by atoms with Crippen molar-refractivity contribution >= 4 is 5.96 Å². The van der Waals surface area contributed by atoms with Crippen LogP contribution in [-0.2, 0) is 11.3 Å². The van der Waals surface area contributed by atoms with Crippen molar-refractivity contribution in [2.75, 3.05) is 20.2 Å². The molecule has 1 unspecified atom stereocenters. The van der Waals surface area contributed by atoms with Crippen molar-refractivity contribution in [1.82, 2.24) is 10.6 Å². The number of hydrogen-bond acceptors (Lipinski definition) is 2. The number of benzene rings is 1. The van der Waals surface area contributed by atoms with Gasteiger partial charge in [0.15, 0.2) is 5.96 Å². The summed E-state index contributed by atoms with van der Waals surface area (Å²) in [6.45, 7) is 10.3. The molecule has 5 heteroatoms. The molecule has 0 saturated heterocycles. The molecular weight excluding hydrogens is 293 g/mol. The largest absolute Gasteiger partial charge is 0.378 e. The lowest BCUT2D eigenvalue weighted by Gasteiger charge is -2.21. The Morgan fingerprint density at radius 3 is 2.61 bits per heavy atom. The molecule has 2 N–H and O–H groups in total. The van der Waals surface area contributed by atoms with Gasteiger partial charge in [0.05, 0.1) is 6.10 Å². The van der Waals surface area contributed by atoms with Crippen molar-refractivity contribution in [2.45, 2.75) is 46.8 Å². The van der Waals surface area contributed by atoms with Gasteiger partial charge in [-0.3, -0.25) is 4.99 Å². The second-order valence-electron chi connectivity index (χ2n) is 5.96. The van der Waals surface area contributed by atoms with Gasteiger partial charge in [-0.15, -0.1) is 0 Å².